The Kier molecular flexibility index (Phi) is 3.82. The predicted molar refractivity (Wildman–Crippen MR) is 73.3 cm³/mol. The second kappa shape index (κ2) is 5.34. The van der Waals surface area contributed by atoms with Crippen LogP contribution in [0.25, 0.3) is 0 Å². The second-order valence-corrected chi connectivity index (χ2v) is 5.20. The topological polar surface area (TPSA) is 20.3 Å². The van der Waals surface area contributed by atoms with Crippen molar-refractivity contribution in [1.29, 1.82) is 0 Å². The molecule has 0 atom stereocenters. The van der Waals surface area contributed by atoms with Crippen LogP contribution in [0.2, 0.25) is 5.02 Å². The average molecular weight is 266 g/mol. The zero-order chi connectivity index (χ0) is 12.3. The normalized spacial score (nSPS) is 10.2. The second-order valence-electron chi connectivity index (χ2n) is 3.76. The lowest BCUT2D eigenvalue weighted by molar-refractivity contribution is 0.112. The maximum atomic E-state index is 10.7. The molecule has 0 aliphatic heterocycles. The van der Waals surface area contributed by atoms with Gasteiger partial charge in [-0.1, -0.05) is 17.7 Å². The fourth-order valence-electron chi connectivity index (χ4n) is 1.58. The lowest BCUT2D eigenvalue weighted by Gasteiger charge is -2.18. The van der Waals surface area contributed by atoms with E-state index < -0.39 is 0 Å². The molecule has 1 heterocycles. The van der Waals surface area contributed by atoms with Gasteiger partial charge < -0.3 is 4.90 Å². The monoisotopic (exact) mass is 265 g/mol. The summed E-state index contributed by atoms with van der Waals surface area (Å²) in [6.07, 6.45) is 0.769. The van der Waals surface area contributed by atoms with E-state index >= 15 is 0 Å². The number of rotatable bonds is 4. The third kappa shape index (κ3) is 2.87. The Bertz CT molecular complexity index is 510. The molecule has 0 spiro atoms. The third-order valence-corrected chi connectivity index (χ3v) is 3.71. The van der Waals surface area contributed by atoms with Crippen LogP contribution in [0.3, 0.4) is 0 Å². The van der Waals surface area contributed by atoms with Crippen LogP contribution < -0.4 is 4.90 Å². The first-order valence-corrected chi connectivity index (χ1v) is 6.44. The molecule has 0 amide bonds. The number of carbonyl (C=O) groups excluding carboxylic acids is 1. The van der Waals surface area contributed by atoms with Crippen molar-refractivity contribution in [3.8, 4) is 0 Å². The van der Waals surface area contributed by atoms with Crippen molar-refractivity contribution in [2.24, 2.45) is 0 Å². The van der Waals surface area contributed by atoms with Crippen molar-refractivity contribution < 1.29 is 4.79 Å². The Morgan fingerprint density at radius 2 is 2.24 bits per heavy atom. The van der Waals surface area contributed by atoms with E-state index in [0.29, 0.717) is 10.6 Å². The van der Waals surface area contributed by atoms with Gasteiger partial charge in [0.25, 0.3) is 0 Å². The molecule has 0 saturated heterocycles. The minimum atomic E-state index is 0.496. The summed E-state index contributed by atoms with van der Waals surface area (Å²) >= 11 is 7.73. The Morgan fingerprint density at radius 3 is 2.82 bits per heavy atom. The molecular formula is C13H12ClNOS. The van der Waals surface area contributed by atoms with Gasteiger partial charge in [0, 0.05) is 23.2 Å². The quantitative estimate of drug-likeness (QED) is 0.783. The molecular weight excluding hydrogens is 254 g/mol. The van der Waals surface area contributed by atoms with Gasteiger partial charge >= 0.3 is 0 Å². The molecule has 2 aromatic rings. The van der Waals surface area contributed by atoms with Crippen molar-refractivity contribution in [1.82, 2.24) is 0 Å². The van der Waals surface area contributed by atoms with Gasteiger partial charge in [0.2, 0.25) is 0 Å². The molecule has 1 aromatic carbocycles. The number of carbonyl (C=O) groups is 1. The van der Waals surface area contributed by atoms with Crippen LogP contribution in [-0.2, 0) is 6.54 Å². The molecule has 0 radical (unpaired) electrons. The highest BCUT2D eigenvalue weighted by atomic mass is 35.5. The van der Waals surface area contributed by atoms with Gasteiger partial charge in [-0.25, -0.2) is 0 Å². The van der Waals surface area contributed by atoms with E-state index in [9.17, 15) is 4.79 Å². The summed E-state index contributed by atoms with van der Waals surface area (Å²) in [7, 11) is 2.01. The minimum absolute atomic E-state index is 0.496. The highest BCUT2D eigenvalue weighted by molar-refractivity contribution is 7.09. The van der Waals surface area contributed by atoms with Gasteiger partial charge in [-0.2, -0.15) is 0 Å². The van der Waals surface area contributed by atoms with E-state index in [1.807, 2.05) is 25.2 Å². The zero-order valence-corrected chi connectivity index (χ0v) is 11.0. The highest BCUT2D eigenvalue weighted by Crippen LogP contribution is 2.23. The SMILES string of the molecule is CN(Cc1cccs1)c1ccc(C=O)c(Cl)c1. The zero-order valence-electron chi connectivity index (χ0n) is 9.39. The summed E-state index contributed by atoms with van der Waals surface area (Å²) in [5, 5.41) is 2.56. The Balaban J connectivity index is 2.16. The molecule has 17 heavy (non-hydrogen) atoms. The van der Waals surface area contributed by atoms with Crippen molar-refractivity contribution in [2.75, 3.05) is 11.9 Å². The first-order chi connectivity index (χ1) is 8.20. The molecule has 2 rings (SSSR count). The summed E-state index contributed by atoms with van der Waals surface area (Å²) in [4.78, 5) is 14.1. The third-order valence-electron chi connectivity index (χ3n) is 2.52. The molecule has 0 fully saturated rings. The van der Waals surface area contributed by atoms with E-state index in [-0.39, 0.29) is 0 Å². The van der Waals surface area contributed by atoms with Crippen LogP contribution in [0.1, 0.15) is 15.2 Å². The number of thiophene rings is 1. The van der Waals surface area contributed by atoms with Gasteiger partial charge in [-0.15, -0.1) is 11.3 Å². The van der Waals surface area contributed by atoms with Crippen molar-refractivity contribution in [2.45, 2.75) is 6.54 Å². The number of hydrogen-bond donors (Lipinski definition) is 0. The number of nitrogens with zero attached hydrogens (tertiary/aromatic N) is 1. The summed E-state index contributed by atoms with van der Waals surface area (Å²) in [6, 6.07) is 9.61. The summed E-state index contributed by atoms with van der Waals surface area (Å²) < 4.78 is 0. The molecule has 0 aliphatic carbocycles. The molecule has 2 nitrogen and oxygen atoms in total. The predicted octanol–water partition coefficient (Wildman–Crippen LogP) is 3.85. The number of benzene rings is 1. The van der Waals surface area contributed by atoms with Gasteiger partial charge in [-0.05, 0) is 29.6 Å². The van der Waals surface area contributed by atoms with E-state index in [2.05, 4.69) is 16.3 Å². The van der Waals surface area contributed by atoms with Gasteiger partial charge in [-0.3, -0.25) is 4.79 Å². The summed E-state index contributed by atoms with van der Waals surface area (Å²) in [6.45, 7) is 0.842. The molecule has 0 saturated carbocycles. The number of anilines is 1. The molecule has 0 unspecified atom stereocenters. The van der Waals surface area contributed by atoms with Crippen LogP contribution in [0.4, 0.5) is 5.69 Å². The highest BCUT2D eigenvalue weighted by Gasteiger charge is 2.06. The smallest absolute Gasteiger partial charge is 0.151 e. The molecule has 1 aromatic heterocycles. The Morgan fingerprint density at radius 1 is 1.41 bits per heavy atom. The molecule has 0 N–H and O–H groups in total. The van der Waals surface area contributed by atoms with Gasteiger partial charge in [0.15, 0.2) is 6.29 Å². The van der Waals surface area contributed by atoms with Crippen LogP contribution in [0.5, 0.6) is 0 Å². The average Bonchev–Trinajstić information content (AvgIpc) is 2.81. The van der Waals surface area contributed by atoms with Crippen LogP contribution in [0, 0.1) is 0 Å². The molecule has 0 aliphatic rings. The van der Waals surface area contributed by atoms with E-state index in [4.69, 9.17) is 11.6 Å². The fraction of sp³-hybridized carbons (Fsp3) is 0.154. The number of aldehydes is 1. The maximum absolute atomic E-state index is 10.7. The van der Waals surface area contributed by atoms with E-state index in [1.54, 1.807) is 17.4 Å². The van der Waals surface area contributed by atoms with Crippen molar-refractivity contribution >= 4 is 34.9 Å². The summed E-state index contributed by atoms with van der Waals surface area (Å²) in [5.74, 6) is 0. The number of hydrogen-bond acceptors (Lipinski definition) is 3. The van der Waals surface area contributed by atoms with Gasteiger partial charge in [0.05, 0.1) is 11.6 Å². The molecule has 0 bridgehead atoms. The molecule has 88 valence electrons. The minimum Gasteiger partial charge on any atom is -0.369 e. The van der Waals surface area contributed by atoms with Crippen molar-refractivity contribution in [3.63, 3.8) is 0 Å². The first kappa shape index (κ1) is 12.1. The Hall–Kier alpha value is -1.32. The van der Waals surface area contributed by atoms with Crippen LogP contribution in [0.15, 0.2) is 35.7 Å². The lowest BCUT2D eigenvalue weighted by atomic mass is 10.2. The summed E-state index contributed by atoms with van der Waals surface area (Å²) in [5.41, 5.74) is 1.54. The fourth-order valence-corrected chi connectivity index (χ4v) is 2.55. The van der Waals surface area contributed by atoms with Crippen LogP contribution in [-0.4, -0.2) is 13.3 Å². The Labute approximate surface area is 109 Å². The van der Waals surface area contributed by atoms with E-state index in [0.717, 1.165) is 18.5 Å². The molecule has 4 heteroatoms. The van der Waals surface area contributed by atoms with E-state index in [1.165, 1.54) is 4.88 Å². The van der Waals surface area contributed by atoms with Gasteiger partial charge in [0.1, 0.15) is 0 Å². The maximum Gasteiger partial charge on any atom is 0.151 e. The standard InChI is InChI=1S/C13H12ClNOS/c1-15(8-12-3-2-6-17-12)11-5-4-10(9-16)13(14)7-11/h2-7,9H,8H2,1H3. The lowest BCUT2D eigenvalue weighted by Crippen LogP contribution is -2.15. The largest absolute Gasteiger partial charge is 0.369 e. The van der Waals surface area contributed by atoms with Crippen LogP contribution >= 0.6 is 22.9 Å². The van der Waals surface area contributed by atoms with Crippen molar-refractivity contribution in [3.05, 3.63) is 51.2 Å². The number of halogens is 1. The first-order valence-electron chi connectivity index (χ1n) is 5.19.